The maximum atomic E-state index is 14.8. The first-order chi connectivity index (χ1) is 14.2. The first-order valence-electron chi connectivity index (χ1n) is 9.61. The van der Waals surface area contributed by atoms with Gasteiger partial charge in [-0.05, 0) is 61.6 Å². The van der Waals surface area contributed by atoms with E-state index in [1.54, 1.807) is 26.1 Å². The minimum absolute atomic E-state index is 0.000691. The molecule has 1 amide bonds. The highest BCUT2D eigenvalue weighted by molar-refractivity contribution is 6.32. The molecule has 1 aromatic heterocycles. The van der Waals surface area contributed by atoms with Gasteiger partial charge >= 0.3 is 6.09 Å². The zero-order valence-corrected chi connectivity index (χ0v) is 17.9. The summed E-state index contributed by atoms with van der Waals surface area (Å²) in [5.41, 5.74) is 6.65. The fourth-order valence-corrected chi connectivity index (χ4v) is 3.90. The van der Waals surface area contributed by atoms with Crippen molar-refractivity contribution in [3.8, 4) is 16.9 Å². The number of benzene rings is 2. The van der Waals surface area contributed by atoms with E-state index >= 15 is 0 Å². The number of para-hydroxylation sites is 1. The summed E-state index contributed by atoms with van der Waals surface area (Å²) in [4.78, 5) is 15.3. The number of carbonyl (C=O) groups is 1. The average Bonchev–Trinajstić information content (AvgIpc) is 2.65. The third-order valence-corrected chi connectivity index (χ3v) is 4.97. The molecule has 0 fully saturated rings. The Morgan fingerprint density at radius 3 is 2.70 bits per heavy atom. The number of aromatic nitrogens is 1. The molecule has 2 aromatic carbocycles. The molecule has 1 unspecified atom stereocenters. The molecule has 7 heteroatoms. The highest BCUT2D eigenvalue weighted by Crippen LogP contribution is 2.36. The standard InChI is InChI=1S/C23H24ClFN2O3/c1-14(12-23(2,3)30-22(26)28)13-29-21-18(24)10-15(11-19(21)25)16-8-9-27-20-7-5-4-6-17(16)20/h4-11,14H,12-13H2,1-3H3,(H2,26,28). The fraction of sp³-hybridized carbons (Fsp3) is 0.304. The number of amides is 1. The predicted octanol–water partition coefficient (Wildman–Crippen LogP) is 5.97. The molecule has 0 aliphatic carbocycles. The van der Waals surface area contributed by atoms with Gasteiger partial charge in [0.25, 0.3) is 0 Å². The number of nitrogens with two attached hydrogens (primary N) is 1. The maximum Gasteiger partial charge on any atom is 0.405 e. The molecule has 0 aliphatic rings. The lowest BCUT2D eigenvalue weighted by Gasteiger charge is -2.27. The zero-order chi connectivity index (χ0) is 21.9. The first kappa shape index (κ1) is 21.8. The second-order valence-corrected chi connectivity index (χ2v) is 8.35. The van der Waals surface area contributed by atoms with E-state index in [4.69, 9.17) is 26.8 Å². The predicted molar refractivity (Wildman–Crippen MR) is 116 cm³/mol. The van der Waals surface area contributed by atoms with Crippen LogP contribution in [0.25, 0.3) is 22.0 Å². The van der Waals surface area contributed by atoms with Crippen molar-refractivity contribution in [2.75, 3.05) is 6.61 Å². The fourth-order valence-electron chi connectivity index (χ4n) is 3.64. The average molecular weight is 431 g/mol. The van der Waals surface area contributed by atoms with Crippen LogP contribution in [-0.2, 0) is 4.74 Å². The van der Waals surface area contributed by atoms with Crippen LogP contribution in [0, 0.1) is 11.7 Å². The quantitative estimate of drug-likeness (QED) is 0.500. The number of fused-ring (bicyclic) bond motifs is 1. The Labute approximate surface area is 180 Å². The molecule has 3 rings (SSSR count). The van der Waals surface area contributed by atoms with Gasteiger partial charge in [0, 0.05) is 11.6 Å². The summed E-state index contributed by atoms with van der Waals surface area (Å²) in [5, 5.41) is 1.10. The normalized spacial score (nSPS) is 12.6. The van der Waals surface area contributed by atoms with Gasteiger partial charge < -0.3 is 15.2 Å². The molecule has 1 atom stereocenters. The van der Waals surface area contributed by atoms with Gasteiger partial charge in [0.1, 0.15) is 5.60 Å². The molecular weight excluding hydrogens is 407 g/mol. The number of rotatable bonds is 7. The lowest BCUT2D eigenvalue weighted by Crippen LogP contribution is -2.33. The Morgan fingerprint density at radius 2 is 2.00 bits per heavy atom. The molecule has 3 aromatic rings. The molecule has 1 heterocycles. The first-order valence-corrected chi connectivity index (χ1v) is 9.98. The van der Waals surface area contributed by atoms with Crippen LogP contribution in [0.5, 0.6) is 5.75 Å². The molecule has 0 saturated heterocycles. The van der Waals surface area contributed by atoms with E-state index in [9.17, 15) is 9.18 Å². The van der Waals surface area contributed by atoms with Crippen molar-refractivity contribution in [3.63, 3.8) is 0 Å². The van der Waals surface area contributed by atoms with E-state index in [1.807, 2.05) is 37.3 Å². The Kier molecular flexibility index (Phi) is 6.46. The van der Waals surface area contributed by atoms with Gasteiger partial charge in [-0.2, -0.15) is 0 Å². The van der Waals surface area contributed by atoms with Crippen LogP contribution in [0.3, 0.4) is 0 Å². The van der Waals surface area contributed by atoms with Gasteiger partial charge in [0.2, 0.25) is 0 Å². The number of hydrogen-bond donors (Lipinski definition) is 1. The highest BCUT2D eigenvalue weighted by Gasteiger charge is 2.25. The number of hydrogen-bond acceptors (Lipinski definition) is 4. The van der Waals surface area contributed by atoms with Crippen LogP contribution in [-0.4, -0.2) is 23.3 Å². The largest absolute Gasteiger partial charge is 0.489 e. The van der Waals surface area contributed by atoms with Crippen LogP contribution in [0.4, 0.5) is 9.18 Å². The summed E-state index contributed by atoms with van der Waals surface area (Å²) in [5.74, 6) is -0.573. The molecule has 0 aliphatic heterocycles. The number of halogens is 2. The summed E-state index contributed by atoms with van der Waals surface area (Å²) in [6.45, 7) is 5.64. The Balaban J connectivity index is 1.78. The summed E-state index contributed by atoms with van der Waals surface area (Å²) < 4.78 is 25.6. The topological polar surface area (TPSA) is 74.4 Å². The van der Waals surface area contributed by atoms with Crippen LogP contribution in [0.1, 0.15) is 27.2 Å². The molecule has 0 saturated carbocycles. The summed E-state index contributed by atoms with van der Waals surface area (Å²) in [7, 11) is 0. The molecule has 5 nitrogen and oxygen atoms in total. The van der Waals surface area contributed by atoms with Crippen molar-refractivity contribution >= 4 is 28.6 Å². The van der Waals surface area contributed by atoms with Crippen molar-refractivity contribution in [2.24, 2.45) is 11.7 Å². The van der Waals surface area contributed by atoms with Crippen molar-refractivity contribution in [3.05, 3.63) is 59.5 Å². The second kappa shape index (κ2) is 8.88. The van der Waals surface area contributed by atoms with E-state index in [1.165, 1.54) is 6.07 Å². The summed E-state index contributed by atoms with van der Waals surface area (Å²) in [6.07, 6.45) is 1.35. The Morgan fingerprint density at radius 1 is 1.27 bits per heavy atom. The summed E-state index contributed by atoms with van der Waals surface area (Å²) in [6, 6.07) is 12.6. The monoisotopic (exact) mass is 430 g/mol. The molecule has 0 bridgehead atoms. The highest BCUT2D eigenvalue weighted by atomic mass is 35.5. The lowest BCUT2D eigenvalue weighted by molar-refractivity contribution is 0.0226. The second-order valence-electron chi connectivity index (χ2n) is 7.95. The zero-order valence-electron chi connectivity index (χ0n) is 17.1. The number of carbonyl (C=O) groups excluding carboxylic acids is 1. The smallest absolute Gasteiger partial charge is 0.405 e. The molecule has 0 radical (unpaired) electrons. The maximum absolute atomic E-state index is 14.8. The third-order valence-electron chi connectivity index (χ3n) is 4.69. The van der Waals surface area contributed by atoms with Gasteiger partial charge in [0.15, 0.2) is 11.6 Å². The number of ether oxygens (including phenoxy) is 2. The molecular formula is C23H24ClFN2O3. The van der Waals surface area contributed by atoms with Crippen LogP contribution < -0.4 is 10.5 Å². The van der Waals surface area contributed by atoms with Crippen molar-refractivity contribution in [1.82, 2.24) is 4.98 Å². The van der Waals surface area contributed by atoms with Gasteiger partial charge in [-0.15, -0.1) is 0 Å². The molecule has 2 N–H and O–H groups in total. The minimum atomic E-state index is -0.832. The lowest BCUT2D eigenvalue weighted by atomic mass is 9.95. The van der Waals surface area contributed by atoms with Crippen LogP contribution >= 0.6 is 11.6 Å². The van der Waals surface area contributed by atoms with Crippen LogP contribution in [0.2, 0.25) is 5.02 Å². The Bertz CT molecular complexity index is 1040. The van der Waals surface area contributed by atoms with Gasteiger partial charge in [-0.25, -0.2) is 9.18 Å². The number of primary amides is 1. The van der Waals surface area contributed by atoms with E-state index in [-0.39, 0.29) is 23.3 Å². The van der Waals surface area contributed by atoms with E-state index in [0.29, 0.717) is 12.0 Å². The summed E-state index contributed by atoms with van der Waals surface area (Å²) >= 11 is 6.35. The number of pyridine rings is 1. The third kappa shape index (κ3) is 5.19. The van der Waals surface area contributed by atoms with Crippen LogP contribution in [0.15, 0.2) is 48.7 Å². The van der Waals surface area contributed by atoms with Crippen molar-refractivity contribution in [2.45, 2.75) is 32.8 Å². The molecule has 30 heavy (non-hydrogen) atoms. The van der Waals surface area contributed by atoms with Gasteiger partial charge in [-0.1, -0.05) is 36.7 Å². The van der Waals surface area contributed by atoms with Crippen molar-refractivity contribution < 1.29 is 18.7 Å². The van der Waals surface area contributed by atoms with Crippen molar-refractivity contribution in [1.29, 1.82) is 0 Å². The molecule has 0 spiro atoms. The van der Waals surface area contributed by atoms with E-state index in [0.717, 1.165) is 16.5 Å². The molecule has 158 valence electrons. The van der Waals surface area contributed by atoms with Gasteiger partial charge in [0.05, 0.1) is 17.1 Å². The number of nitrogens with zero attached hydrogens (tertiary/aromatic N) is 1. The van der Waals surface area contributed by atoms with E-state index < -0.39 is 17.5 Å². The SMILES string of the molecule is CC(COc1c(F)cc(-c2ccnc3ccccc23)cc1Cl)CC(C)(C)OC(N)=O. The van der Waals surface area contributed by atoms with E-state index in [2.05, 4.69) is 4.98 Å². The van der Waals surface area contributed by atoms with Gasteiger partial charge in [-0.3, -0.25) is 4.98 Å². The minimum Gasteiger partial charge on any atom is -0.489 e. The Hall–Kier alpha value is -2.86.